The Kier molecular flexibility index (Phi) is 2.89. The first kappa shape index (κ1) is 12.1. The molecule has 5 heteroatoms. The largest absolute Gasteiger partial charge is 0.386 e. The molecule has 0 fully saturated rings. The second-order valence-corrected chi connectivity index (χ2v) is 5.99. The fourth-order valence-corrected chi connectivity index (χ4v) is 1.86. The minimum absolute atomic E-state index is 0.0786. The lowest BCUT2D eigenvalue weighted by Gasteiger charge is -2.18. The Labute approximate surface area is 88.5 Å². The van der Waals surface area contributed by atoms with E-state index in [1.807, 2.05) is 0 Å². The lowest BCUT2D eigenvalue weighted by molar-refractivity contribution is 0.0744. The zero-order valence-corrected chi connectivity index (χ0v) is 9.60. The van der Waals surface area contributed by atoms with Gasteiger partial charge in [0.25, 0.3) is 0 Å². The Morgan fingerprint density at radius 2 is 1.87 bits per heavy atom. The van der Waals surface area contributed by atoms with Gasteiger partial charge in [-0.05, 0) is 26.0 Å². The summed E-state index contributed by atoms with van der Waals surface area (Å²) in [5, 5.41) is 9.57. The summed E-state index contributed by atoms with van der Waals surface area (Å²) in [7, 11) is -3.41. The Morgan fingerprint density at radius 3 is 2.20 bits per heavy atom. The Balaban J connectivity index is 3.34. The maximum atomic E-state index is 13.5. The second kappa shape index (κ2) is 3.57. The van der Waals surface area contributed by atoms with Gasteiger partial charge in [-0.25, -0.2) is 12.8 Å². The van der Waals surface area contributed by atoms with E-state index in [1.54, 1.807) is 0 Å². The van der Waals surface area contributed by atoms with Crippen LogP contribution in [-0.2, 0) is 15.4 Å². The van der Waals surface area contributed by atoms with Crippen LogP contribution in [0.15, 0.2) is 23.1 Å². The quantitative estimate of drug-likeness (QED) is 0.839. The molecule has 1 aromatic rings. The number of sulfone groups is 1. The third-order valence-corrected chi connectivity index (χ3v) is 3.14. The molecule has 0 atom stereocenters. The number of rotatable bonds is 2. The van der Waals surface area contributed by atoms with Crippen molar-refractivity contribution >= 4 is 9.84 Å². The minimum Gasteiger partial charge on any atom is -0.386 e. The molecule has 0 aliphatic carbocycles. The van der Waals surface area contributed by atoms with Gasteiger partial charge in [0.2, 0.25) is 0 Å². The van der Waals surface area contributed by atoms with E-state index in [9.17, 15) is 17.9 Å². The van der Waals surface area contributed by atoms with Crippen molar-refractivity contribution in [1.82, 2.24) is 0 Å². The van der Waals surface area contributed by atoms with E-state index in [4.69, 9.17) is 0 Å². The minimum atomic E-state index is -3.41. The van der Waals surface area contributed by atoms with Crippen molar-refractivity contribution in [3.63, 3.8) is 0 Å². The highest BCUT2D eigenvalue weighted by Gasteiger charge is 2.21. The maximum Gasteiger partial charge on any atom is 0.175 e. The number of hydrogen-bond donors (Lipinski definition) is 1. The van der Waals surface area contributed by atoms with Crippen molar-refractivity contribution < 1.29 is 17.9 Å². The lowest BCUT2D eigenvalue weighted by Crippen LogP contribution is -2.17. The molecule has 1 rings (SSSR count). The summed E-state index contributed by atoms with van der Waals surface area (Å²) in [5.74, 6) is -0.717. The average molecular weight is 232 g/mol. The molecule has 0 aliphatic rings. The van der Waals surface area contributed by atoms with E-state index in [-0.39, 0.29) is 10.5 Å². The molecule has 0 radical (unpaired) electrons. The Bertz CT molecular complexity index is 472. The normalized spacial score (nSPS) is 12.9. The van der Waals surface area contributed by atoms with Gasteiger partial charge in [0.05, 0.1) is 10.5 Å². The standard InChI is InChI=1S/C10H13FO3S/c1-10(2,12)8-5-4-7(6-9(8)11)15(3,13)14/h4-6,12H,1-3H3. The first-order valence-electron chi connectivity index (χ1n) is 4.35. The molecule has 0 spiro atoms. The molecular weight excluding hydrogens is 219 g/mol. The second-order valence-electron chi connectivity index (χ2n) is 3.97. The molecule has 84 valence electrons. The number of aliphatic hydroxyl groups is 1. The van der Waals surface area contributed by atoms with Crippen molar-refractivity contribution in [1.29, 1.82) is 0 Å². The summed E-state index contributed by atoms with van der Waals surface area (Å²) in [5.41, 5.74) is -1.24. The van der Waals surface area contributed by atoms with Gasteiger partial charge in [0, 0.05) is 11.8 Å². The van der Waals surface area contributed by atoms with E-state index in [0.29, 0.717) is 0 Å². The summed E-state index contributed by atoms with van der Waals surface area (Å²) < 4.78 is 35.7. The van der Waals surface area contributed by atoms with Crippen LogP contribution in [0.3, 0.4) is 0 Å². The molecule has 0 saturated heterocycles. The monoisotopic (exact) mass is 232 g/mol. The third kappa shape index (κ3) is 2.76. The zero-order chi connectivity index (χ0) is 11.9. The highest BCUT2D eigenvalue weighted by molar-refractivity contribution is 7.90. The molecule has 0 aliphatic heterocycles. The molecule has 0 amide bonds. The first-order valence-corrected chi connectivity index (χ1v) is 6.24. The van der Waals surface area contributed by atoms with Gasteiger partial charge in [-0.1, -0.05) is 6.07 Å². The van der Waals surface area contributed by atoms with Crippen LogP contribution in [0.2, 0.25) is 0 Å². The van der Waals surface area contributed by atoms with Crippen LogP contribution in [0.25, 0.3) is 0 Å². The van der Waals surface area contributed by atoms with Gasteiger partial charge in [-0.15, -0.1) is 0 Å². The zero-order valence-electron chi connectivity index (χ0n) is 8.78. The van der Waals surface area contributed by atoms with Crippen LogP contribution in [0.1, 0.15) is 19.4 Å². The van der Waals surface area contributed by atoms with E-state index >= 15 is 0 Å². The van der Waals surface area contributed by atoms with Crippen molar-refractivity contribution in [3.05, 3.63) is 29.6 Å². The maximum absolute atomic E-state index is 13.5. The van der Waals surface area contributed by atoms with Crippen LogP contribution in [0.5, 0.6) is 0 Å². The van der Waals surface area contributed by atoms with Gasteiger partial charge >= 0.3 is 0 Å². The predicted octanol–water partition coefficient (Wildman–Crippen LogP) is 1.46. The highest BCUT2D eigenvalue weighted by atomic mass is 32.2. The van der Waals surface area contributed by atoms with Crippen LogP contribution >= 0.6 is 0 Å². The van der Waals surface area contributed by atoms with E-state index < -0.39 is 21.3 Å². The Hall–Kier alpha value is -0.940. The third-order valence-electron chi connectivity index (χ3n) is 2.03. The van der Waals surface area contributed by atoms with E-state index in [1.165, 1.54) is 26.0 Å². The summed E-state index contributed by atoms with van der Waals surface area (Å²) in [4.78, 5) is -0.0898. The number of halogens is 1. The molecule has 0 bridgehead atoms. The summed E-state index contributed by atoms with van der Waals surface area (Å²) in [6.07, 6.45) is 1.01. The predicted molar refractivity (Wildman–Crippen MR) is 54.8 cm³/mol. The van der Waals surface area contributed by atoms with Crippen molar-refractivity contribution in [2.75, 3.05) is 6.26 Å². The molecule has 0 saturated carbocycles. The summed E-state index contributed by atoms with van der Waals surface area (Å²) in [6.45, 7) is 2.87. The Morgan fingerprint density at radius 1 is 1.33 bits per heavy atom. The van der Waals surface area contributed by atoms with E-state index in [2.05, 4.69) is 0 Å². The van der Waals surface area contributed by atoms with Gasteiger partial charge in [-0.2, -0.15) is 0 Å². The fourth-order valence-electron chi connectivity index (χ4n) is 1.22. The van der Waals surface area contributed by atoms with Gasteiger partial charge < -0.3 is 5.11 Å². The molecule has 0 unspecified atom stereocenters. The first-order chi connectivity index (χ1) is 6.62. The van der Waals surface area contributed by atoms with Gasteiger partial charge in [0.1, 0.15) is 5.82 Å². The number of benzene rings is 1. The molecule has 0 heterocycles. The fraction of sp³-hybridized carbons (Fsp3) is 0.400. The topological polar surface area (TPSA) is 54.4 Å². The molecule has 15 heavy (non-hydrogen) atoms. The smallest absolute Gasteiger partial charge is 0.175 e. The van der Waals surface area contributed by atoms with Gasteiger partial charge in [0.15, 0.2) is 9.84 Å². The van der Waals surface area contributed by atoms with Crippen molar-refractivity contribution in [2.45, 2.75) is 24.3 Å². The molecule has 1 N–H and O–H groups in total. The summed E-state index contributed by atoms with van der Waals surface area (Å²) in [6, 6.07) is 3.49. The highest BCUT2D eigenvalue weighted by Crippen LogP contribution is 2.24. The molecule has 1 aromatic carbocycles. The molecule has 3 nitrogen and oxygen atoms in total. The number of hydrogen-bond acceptors (Lipinski definition) is 3. The van der Waals surface area contributed by atoms with Crippen LogP contribution in [0.4, 0.5) is 4.39 Å². The average Bonchev–Trinajstić information content (AvgIpc) is 1.99. The van der Waals surface area contributed by atoms with Crippen LogP contribution in [0, 0.1) is 5.82 Å². The van der Waals surface area contributed by atoms with Crippen molar-refractivity contribution in [3.8, 4) is 0 Å². The van der Waals surface area contributed by atoms with Crippen LogP contribution in [-0.4, -0.2) is 19.8 Å². The lowest BCUT2D eigenvalue weighted by atomic mass is 9.98. The van der Waals surface area contributed by atoms with Crippen LogP contribution < -0.4 is 0 Å². The van der Waals surface area contributed by atoms with Gasteiger partial charge in [-0.3, -0.25) is 0 Å². The molecular formula is C10H13FO3S. The molecule has 0 aromatic heterocycles. The van der Waals surface area contributed by atoms with Crippen molar-refractivity contribution in [2.24, 2.45) is 0 Å². The van der Waals surface area contributed by atoms with E-state index in [0.717, 1.165) is 12.3 Å². The summed E-state index contributed by atoms with van der Waals surface area (Å²) >= 11 is 0. The SMILES string of the molecule is CC(C)(O)c1ccc(S(C)(=O)=O)cc1F.